The summed E-state index contributed by atoms with van der Waals surface area (Å²) in [6.45, 7) is 6.18. The molecule has 0 aliphatic rings. The smallest absolute Gasteiger partial charge is 0.294 e. The van der Waals surface area contributed by atoms with Crippen LogP contribution in [-0.2, 0) is 10.1 Å². The topological polar surface area (TPSA) is 106 Å². The van der Waals surface area contributed by atoms with Crippen LogP contribution in [0.3, 0.4) is 0 Å². The van der Waals surface area contributed by atoms with Gasteiger partial charge in [0.05, 0.1) is 4.90 Å². The molecule has 0 spiro atoms. The highest BCUT2D eigenvalue weighted by Gasteiger charge is 2.06. The molecule has 5 N–H and O–H groups in total. The van der Waals surface area contributed by atoms with Crippen LogP contribution in [0.25, 0.3) is 0 Å². The Morgan fingerprint density at radius 3 is 1.82 bits per heavy atom. The number of rotatable bonds is 2. The highest BCUT2D eigenvalue weighted by molar-refractivity contribution is 7.85. The highest BCUT2D eigenvalue weighted by atomic mass is 32.2. The molecule has 1 aromatic carbocycles. The molecule has 0 unspecified atom stereocenters. The van der Waals surface area contributed by atoms with Gasteiger partial charge >= 0.3 is 0 Å². The zero-order chi connectivity index (χ0) is 13.7. The quantitative estimate of drug-likeness (QED) is 0.686. The largest absolute Gasteiger partial charge is 0.329 e. The minimum atomic E-state index is -4.02. The first-order chi connectivity index (χ1) is 7.56. The molecular formula is C11H20N2O3S. The summed E-state index contributed by atoms with van der Waals surface area (Å²) in [5, 5.41) is 0. The van der Waals surface area contributed by atoms with Gasteiger partial charge in [-0.2, -0.15) is 8.42 Å². The van der Waals surface area contributed by atoms with Crippen LogP contribution in [0.1, 0.15) is 19.4 Å². The summed E-state index contributed by atoms with van der Waals surface area (Å²) >= 11 is 0. The van der Waals surface area contributed by atoms with Crippen LogP contribution < -0.4 is 11.5 Å². The lowest BCUT2D eigenvalue weighted by Gasteiger charge is -2.13. The molecule has 0 heterocycles. The normalized spacial score (nSPS) is 11.6. The maximum absolute atomic E-state index is 10.5. The zero-order valence-corrected chi connectivity index (χ0v) is 11.2. The van der Waals surface area contributed by atoms with E-state index < -0.39 is 10.1 Å². The fourth-order valence-corrected chi connectivity index (χ4v) is 1.19. The van der Waals surface area contributed by atoms with Crippen molar-refractivity contribution >= 4 is 10.1 Å². The van der Waals surface area contributed by atoms with Crippen molar-refractivity contribution in [1.82, 2.24) is 0 Å². The Balaban J connectivity index is 0.000000366. The molecule has 0 amide bonds. The molecule has 0 saturated carbocycles. The lowest BCUT2D eigenvalue weighted by atomic mass is 10.1. The third-order valence-electron chi connectivity index (χ3n) is 1.84. The first-order valence-corrected chi connectivity index (χ1v) is 6.53. The number of hydrogen-bond acceptors (Lipinski definition) is 4. The second-order valence-corrected chi connectivity index (χ2v) is 5.90. The molecule has 0 atom stereocenters. The first-order valence-electron chi connectivity index (χ1n) is 5.09. The average molecular weight is 260 g/mol. The van der Waals surface area contributed by atoms with Crippen LogP contribution in [0.5, 0.6) is 0 Å². The monoisotopic (exact) mass is 260 g/mol. The van der Waals surface area contributed by atoms with E-state index in [1.807, 2.05) is 20.8 Å². The Kier molecular flexibility index (Phi) is 5.77. The van der Waals surface area contributed by atoms with E-state index in [4.69, 9.17) is 16.0 Å². The number of aryl methyl sites for hydroxylation is 1. The minimum Gasteiger partial charge on any atom is -0.329 e. The predicted molar refractivity (Wildman–Crippen MR) is 68.3 cm³/mol. The van der Waals surface area contributed by atoms with Crippen molar-refractivity contribution in [3.8, 4) is 0 Å². The van der Waals surface area contributed by atoms with Gasteiger partial charge in [-0.1, -0.05) is 17.7 Å². The molecular weight excluding hydrogens is 240 g/mol. The third-order valence-corrected chi connectivity index (χ3v) is 2.71. The number of nitrogens with two attached hydrogens (primary N) is 2. The molecule has 0 bridgehead atoms. The summed E-state index contributed by atoms with van der Waals surface area (Å²) in [6.07, 6.45) is 0. The molecule has 0 fully saturated rings. The van der Waals surface area contributed by atoms with Gasteiger partial charge in [0.2, 0.25) is 0 Å². The van der Waals surface area contributed by atoms with Gasteiger partial charge in [0.15, 0.2) is 0 Å². The van der Waals surface area contributed by atoms with E-state index in [1.165, 1.54) is 12.1 Å². The van der Waals surface area contributed by atoms with Crippen molar-refractivity contribution in [3.05, 3.63) is 29.8 Å². The second-order valence-electron chi connectivity index (χ2n) is 4.48. The van der Waals surface area contributed by atoms with E-state index in [-0.39, 0.29) is 10.4 Å². The van der Waals surface area contributed by atoms with E-state index >= 15 is 0 Å². The van der Waals surface area contributed by atoms with Crippen LogP contribution in [0, 0.1) is 6.92 Å². The maximum Gasteiger partial charge on any atom is 0.294 e. The van der Waals surface area contributed by atoms with E-state index in [0.717, 1.165) is 5.56 Å². The van der Waals surface area contributed by atoms with E-state index in [2.05, 4.69) is 0 Å². The highest BCUT2D eigenvalue weighted by Crippen LogP contribution is 2.08. The Morgan fingerprint density at radius 1 is 1.24 bits per heavy atom. The average Bonchev–Trinajstić information content (AvgIpc) is 2.17. The number of hydrogen-bond donors (Lipinski definition) is 3. The molecule has 1 aromatic rings. The van der Waals surface area contributed by atoms with Gasteiger partial charge in [0, 0.05) is 12.1 Å². The Morgan fingerprint density at radius 2 is 1.59 bits per heavy atom. The standard InChI is InChI=1S/C7H8O3S.C4H12N2/c1-6-2-4-7(5-3-6)11(8,9)10;1-4(2,6)3-5/h2-5H,1H3,(H,8,9,10);3,5-6H2,1-2H3. The van der Waals surface area contributed by atoms with Gasteiger partial charge in [0.25, 0.3) is 10.1 Å². The molecule has 98 valence electrons. The molecule has 0 aliphatic heterocycles. The van der Waals surface area contributed by atoms with Crippen molar-refractivity contribution in [3.63, 3.8) is 0 Å². The molecule has 0 saturated heterocycles. The van der Waals surface area contributed by atoms with Crippen molar-refractivity contribution in [2.45, 2.75) is 31.2 Å². The van der Waals surface area contributed by atoms with Crippen molar-refractivity contribution in [2.24, 2.45) is 11.5 Å². The second kappa shape index (κ2) is 6.11. The lowest BCUT2D eigenvalue weighted by Crippen LogP contribution is -2.40. The van der Waals surface area contributed by atoms with Crippen LogP contribution in [0.4, 0.5) is 0 Å². The van der Waals surface area contributed by atoms with Crippen LogP contribution in [0.15, 0.2) is 29.2 Å². The summed E-state index contributed by atoms with van der Waals surface area (Å²) in [4.78, 5) is -0.0666. The van der Waals surface area contributed by atoms with Gasteiger partial charge in [-0.05, 0) is 32.9 Å². The van der Waals surface area contributed by atoms with Gasteiger partial charge in [-0.15, -0.1) is 0 Å². The van der Waals surface area contributed by atoms with Crippen molar-refractivity contribution < 1.29 is 13.0 Å². The van der Waals surface area contributed by atoms with Crippen LogP contribution >= 0.6 is 0 Å². The van der Waals surface area contributed by atoms with Gasteiger partial charge in [-0.3, -0.25) is 4.55 Å². The van der Waals surface area contributed by atoms with Gasteiger partial charge in [0.1, 0.15) is 0 Å². The van der Waals surface area contributed by atoms with Crippen molar-refractivity contribution in [1.29, 1.82) is 0 Å². The lowest BCUT2D eigenvalue weighted by molar-refractivity contribution is 0.483. The molecule has 6 heteroatoms. The van der Waals surface area contributed by atoms with E-state index in [9.17, 15) is 8.42 Å². The molecule has 17 heavy (non-hydrogen) atoms. The van der Waals surface area contributed by atoms with Crippen LogP contribution in [-0.4, -0.2) is 25.1 Å². The van der Waals surface area contributed by atoms with Gasteiger partial charge in [-0.25, -0.2) is 0 Å². The zero-order valence-electron chi connectivity index (χ0n) is 10.3. The Labute approximate surface area is 103 Å². The van der Waals surface area contributed by atoms with Crippen molar-refractivity contribution in [2.75, 3.05) is 6.54 Å². The molecule has 0 radical (unpaired) electrons. The van der Waals surface area contributed by atoms with Gasteiger partial charge < -0.3 is 11.5 Å². The molecule has 0 aromatic heterocycles. The summed E-state index contributed by atoms with van der Waals surface area (Å²) < 4.78 is 29.6. The SMILES string of the molecule is CC(C)(N)CN.Cc1ccc(S(=O)(=O)O)cc1. The summed E-state index contributed by atoms with van der Waals surface area (Å²) in [5.74, 6) is 0. The minimum absolute atomic E-state index is 0.0666. The Bertz CT molecular complexity index is 433. The fraction of sp³-hybridized carbons (Fsp3) is 0.455. The molecule has 1 rings (SSSR count). The van der Waals surface area contributed by atoms with E-state index in [1.54, 1.807) is 12.1 Å². The van der Waals surface area contributed by atoms with E-state index in [0.29, 0.717) is 6.54 Å². The third kappa shape index (κ3) is 7.87. The maximum atomic E-state index is 10.5. The Hall–Kier alpha value is -0.950. The summed E-state index contributed by atoms with van der Waals surface area (Å²) in [7, 11) is -4.02. The van der Waals surface area contributed by atoms with Crippen LogP contribution in [0.2, 0.25) is 0 Å². The fourth-order valence-electron chi connectivity index (χ4n) is 0.710. The summed E-state index contributed by atoms with van der Waals surface area (Å²) in [5.41, 5.74) is 11.4. The number of benzene rings is 1. The first kappa shape index (κ1) is 16.1. The summed E-state index contributed by atoms with van der Waals surface area (Å²) in [6, 6.07) is 5.99. The predicted octanol–water partition coefficient (Wildman–Crippen LogP) is 0.924. The molecule has 5 nitrogen and oxygen atoms in total. The molecule has 0 aliphatic carbocycles.